The monoisotopic (exact) mass is 314 g/mol. The largest absolute Gasteiger partial charge is 0.224 e. The minimum atomic E-state index is 0.228. The minimum absolute atomic E-state index is 0.228. The Hall–Kier alpha value is -0.870. The fourth-order valence-electron chi connectivity index (χ4n) is 1.69. The third-order valence-electron chi connectivity index (χ3n) is 2.49. The van der Waals surface area contributed by atoms with E-state index in [0.29, 0.717) is 10.0 Å². The molecule has 0 aliphatic heterocycles. The number of hydrogen-bond donors (Lipinski definition) is 0. The lowest BCUT2D eigenvalue weighted by Gasteiger charge is -2.04. The van der Waals surface area contributed by atoms with E-state index >= 15 is 0 Å². The topological polar surface area (TPSA) is 25.8 Å². The van der Waals surface area contributed by atoms with Gasteiger partial charge in [-0.25, -0.2) is 9.97 Å². The Morgan fingerprint density at radius 3 is 2.56 bits per heavy atom. The summed E-state index contributed by atoms with van der Waals surface area (Å²) < 4.78 is 0. The summed E-state index contributed by atoms with van der Waals surface area (Å²) in [6.45, 7) is 0. The van der Waals surface area contributed by atoms with Gasteiger partial charge in [0.2, 0.25) is 5.28 Å². The molecule has 0 bridgehead atoms. The summed E-state index contributed by atoms with van der Waals surface area (Å²) in [7, 11) is 0. The van der Waals surface area contributed by atoms with Gasteiger partial charge in [-0.1, -0.05) is 29.3 Å². The van der Waals surface area contributed by atoms with Gasteiger partial charge in [0.05, 0.1) is 15.7 Å². The average molecular weight is 316 g/mol. The first kappa shape index (κ1) is 12.2. The molecule has 0 radical (unpaired) electrons. The number of halogens is 3. The molecule has 6 heteroatoms. The van der Waals surface area contributed by atoms with E-state index in [1.165, 1.54) is 11.3 Å². The quantitative estimate of drug-likeness (QED) is 0.568. The Balaban J connectivity index is 2.30. The van der Waals surface area contributed by atoms with Gasteiger partial charge >= 0.3 is 0 Å². The molecule has 0 spiro atoms. The van der Waals surface area contributed by atoms with Crippen molar-refractivity contribution < 1.29 is 0 Å². The molecule has 0 saturated heterocycles. The molecule has 3 aromatic rings. The zero-order chi connectivity index (χ0) is 12.7. The van der Waals surface area contributed by atoms with Crippen LogP contribution in [0.3, 0.4) is 0 Å². The summed E-state index contributed by atoms with van der Waals surface area (Å²) in [5.41, 5.74) is 1.64. The Kier molecular flexibility index (Phi) is 3.16. The predicted octanol–water partition coefficient (Wildman–Crippen LogP) is 5.32. The highest BCUT2D eigenvalue weighted by atomic mass is 35.5. The van der Waals surface area contributed by atoms with Crippen LogP contribution in [0.25, 0.3) is 21.5 Å². The summed E-state index contributed by atoms with van der Waals surface area (Å²) in [4.78, 5) is 9.31. The second-order valence-electron chi connectivity index (χ2n) is 3.61. The molecule has 90 valence electrons. The van der Waals surface area contributed by atoms with Crippen LogP contribution in [0.1, 0.15) is 0 Å². The molecule has 18 heavy (non-hydrogen) atoms. The number of nitrogens with zero attached hydrogens (tertiary/aromatic N) is 2. The molecule has 1 aromatic carbocycles. The van der Waals surface area contributed by atoms with Crippen LogP contribution in [-0.4, -0.2) is 9.97 Å². The Bertz CT molecular complexity index is 739. The Morgan fingerprint density at radius 1 is 0.944 bits per heavy atom. The number of thiophene rings is 1. The Labute approximate surface area is 122 Å². The molecule has 0 aliphatic carbocycles. The van der Waals surface area contributed by atoms with Gasteiger partial charge in [0.25, 0.3) is 0 Å². The van der Waals surface area contributed by atoms with Crippen LogP contribution in [-0.2, 0) is 0 Å². The lowest BCUT2D eigenvalue weighted by molar-refractivity contribution is 1.24. The maximum atomic E-state index is 6.02. The van der Waals surface area contributed by atoms with E-state index in [-0.39, 0.29) is 5.28 Å². The van der Waals surface area contributed by atoms with Crippen molar-refractivity contribution in [1.82, 2.24) is 9.97 Å². The van der Waals surface area contributed by atoms with Crippen molar-refractivity contribution in [1.29, 1.82) is 0 Å². The normalized spacial score (nSPS) is 11.1. The average Bonchev–Trinajstić information content (AvgIpc) is 2.79. The molecular weight excluding hydrogens is 311 g/mol. The molecule has 0 unspecified atom stereocenters. The van der Waals surface area contributed by atoms with Crippen molar-refractivity contribution in [2.75, 3.05) is 0 Å². The van der Waals surface area contributed by atoms with Gasteiger partial charge in [0, 0.05) is 10.9 Å². The highest BCUT2D eigenvalue weighted by Gasteiger charge is 2.11. The third-order valence-corrected chi connectivity index (χ3v) is 4.21. The second kappa shape index (κ2) is 4.67. The van der Waals surface area contributed by atoms with Crippen LogP contribution in [0.5, 0.6) is 0 Å². The number of benzene rings is 1. The third kappa shape index (κ3) is 2.08. The van der Waals surface area contributed by atoms with Gasteiger partial charge in [0.1, 0.15) is 4.83 Å². The maximum Gasteiger partial charge on any atom is 0.224 e. The van der Waals surface area contributed by atoms with Gasteiger partial charge in [-0.2, -0.15) is 0 Å². The van der Waals surface area contributed by atoms with Crippen molar-refractivity contribution in [2.24, 2.45) is 0 Å². The van der Waals surface area contributed by atoms with Crippen molar-refractivity contribution >= 4 is 56.4 Å². The Morgan fingerprint density at radius 2 is 1.78 bits per heavy atom. The van der Waals surface area contributed by atoms with Gasteiger partial charge in [0.15, 0.2) is 0 Å². The lowest BCUT2D eigenvalue weighted by Crippen LogP contribution is -1.88. The van der Waals surface area contributed by atoms with Crippen LogP contribution in [0.2, 0.25) is 15.3 Å². The summed E-state index contributed by atoms with van der Waals surface area (Å²) in [5, 5.41) is 4.15. The van der Waals surface area contributed by atoms with Gasteiger partial charge in [-0.05, 0) is 35.2 Å². The first-order valence-corrected chi connectivity index (χ1v) is 7.02. The first-order valence-electron chi connectivity index (χ1n) is 5.01. The second-order valence-corrected chi connectivity index (χ2v) is 5.66. The van der Waals surface area contributed by atoms with E-state index in [4.69, 9.17) is 34.8 Å². The molecular formula is C12H5Cl3N2S. The molecule has 0 atom stereocenters. The van der Waals surface area contributed by atoms with Crippen LogP contribution in [0, 0.1) is 0 Å². The maximum absolute atomic E-state index is 6.02. The van der Waals surface area contributed by atoms with Gasteiger partial charge < -0.3 is 0 Å². The van der Waals surface area contributed by atoms with Crippen molar-refractivity contribution in [3.8, 4) is 11.3 Å². The number of fused-ring (bicyclic) bond motifs is 1. The minimum Gasteiger partial charge on any atom is -0.217 e. The highest BCUT2D eigenvalue weighted by molar-refractivity contribution is 7.16. The molecule has 0 saturated carbocycles. The van der Waals surface area contributed by atoms with Crippen LogP contribution >= 0.6 is 46.1 Å². The van der Waals surface area contributed by atoms with Crippen molar-refractivity contribution in [2.45, 2.75) is 0 Å². The summed E-state index contributed by atoms with van der Waals surface area (Å²) in [6.07, 6.45) is 0. The smallest absolute Gasteiger partial charge is 0.217 e. The standard InChI is InChI=1S/C12H5Cl3N2S/c13-8-2-1-6(5-9(8)14)10-7-3-4-18-11(7)17-12(15)16-10/h1-5H. The summed E-state index contributed by atoms with van der Waals surface area (Å²) >= 11 is 19.4. The fourth-order valence-corrected chi connectivity index (χ4v) is 2.97. The predicted molar refractivity (Wildman–Crippen MR) is 77.9 cm³/mol. The molecule has 3 rings (SSSR count). The molecule has 0 N–H and O–H groups in total. The van der Waals surface area contributed by atoms with Crippen LogP contribution in [0.15, 0.2) is 29.6 Å². The van der Waals surface area contributed by atoms with E-state index in [9.17, 15) is 0 Å². The summed E-state index contributed by atoms with van der Waals surface area (Å²) in [6, 6.07) is 7.35. The highest BCUT2D eigenvalue weighted by Crippen LogP contribution is 2.33. The van der Waals surface area contributed by atoms with Gasteiger partial charge in [-0.15, -0.1) is 11.3 Å². The zero-order valence-electron chi connectivity index (χ0n) is 8.82. The van der Waals surface area contributed by atoms with Crippen molar-refractivity contribution in [3.63, 3.8) is 0 Å². The SMILES string of the molecule is Clc1nc(-c2ccc(Cl)c(Cl)c2)c2ccsc2n1. The number of rotatable bonds is 1. The van der Waals surface area contributed by atoms with Crippen molar-refractivity contribution in [3.05, 3.63) is 45.0 Å². The number of aromatic nitrogens is 2. The zero-order valence-corrected chi connectivity index (χ0v) is 11.9. The molecule has 0 fully saturated rings. The van der Waals surface area contributed by atoms with Gasteiger partial charge in [-0.3, -0.25) is 0 Å². The molecule has 2 nitrogen and oxygen atoms in total. The van der Waals surface area contributed by atoms with E-state index in [2.05, 4.69) is 9.97 Å². The van der Waals surface area contributed by atoms with E-state index in [0.717, 1.165) is 21.5 Å². The lowest BCUT2D eigenvalue weighted by atomic mass is 10.1. The van der Waals surface area contributed by atoms with E-state index < -0.39 is 0 Å². The molecule has 2 heterocycles. The molecule has 2 aromatic heterocycles. The molecule has 0 amide bonds. The van der Waals surface area contributed by atoms with E-state index in [1.54, 1.807) is 12.1 Å². The van der Waals surface area contributed by atoms with E-state index in [1.807, 2.05) is 17.5 Å². The number of hydrogen-bond acceptors (Lipinski definition) is 3. The van der Waals surface area contributed by atoms with Crippen LogP contribution < -0.4 is 0 Å². The summed E-state index contributed by atoms with van der Waals surface area (Å²) in [5.74, 6) is 0. The first-order chi connectivity index (χ1) is 8.65. The fraction of sp³-hybridized carbons (Fsp3) is 0. The molecule has 0 aliphatic rings. The van der Waals surface area contributed by atoms with Crippen LogP contribution in [0.4, 0.5) is 0 Å².